The van der Waals surface area contributed by atoms with Crippen LogP contribution in [0.3, 0.4) is 0 Å². The summed E-state index contributed by atoms with van der Waals surface area (Å²) in [6.45, 7) is 4.07. The van der Waals surface area contributed by atoms with Gasteiger partial charge in [0, 0.05) is 0 Å². The fourth-order valence-electron chi connectivity index (χ4n) is 1.23. The molecule has 0 heterocycles. The van der Waals surface area contributed by atoms with E-state index in [0.29, 0.717) is 12.5 Å². The Morgan fingerprint density at radius 1 is 1.67 bits per heavy atom. The van der Waals surface area contributed by atoms with Crippen molar-refractivity contribution >= 4 is 6.21 Å². The Hall–Kier alpha value is -0.830. The van der Waals surface area contributed by atoms with Gasteiger partial charge in [-0.05, 0) is 25.2 Å². The van der Waals surface area contributed by atoms with Crippen LogP contribution in [0.15, 0.2) is 17.8 Å². The van der Waals surface area contributed by atoms with Gasteiger partial charge in [0.05, 0.1) is 18.9 Å². The summed E-state index contributed by atoms with van der Waals surface area (Å²) in [6, 6.07) is 0. The number of rotatable bonds is 6. The molecule has 1 aliphatic carbocycles. The minimum absolute atomic E-state index is 0.278. The number of ether oxygens (including phenoxy) is 1. The van der Waals surface area contributed by atoms with Gasteiger partial charge in [0.15, 0.2) is 0 Å². The van der Waals surface area contributed by atoms with Gasteiger partial charge in [-0.2, -0.15) is 0 Å². The molecule has 0 aromatic heterocycles. The standard InChI is InChI=1S/C9H15NO2/c1-2-3-9(8-4-5-8)12-7-6-10-11/h2,6,8-9,11H,1,3-5,7H2/b10-6-. The van der Waals surface area contributed by atoms with Crippen LogP contribution in [0, 0.1) is 5.92 Å². The monoisotopic (exact) mass is 169 g/mol. The van der Waals surface area contributed by atoms with Crippen LogP contribution in [-0.4, -0.2) is 24.1 Å². The van der Waals surface area contributed by atoms with Gasteiger partial charge < -0.3 is 9.94 Å². The Bertz CT molecular complexity index is 164. The van der Waals surface area contributed by atoms with Crippen molar-refractivity contribution in [2.24, 2.45) is 11.1 Å². The van der Waals surface area contributed by atoms with Gasteiger partial charge >= 0.3 is 0 Å². The first-order chi connectivity index (χ1) is 5.88. The van der Waals surface area contributed by atoms with E-state index in [2.05, 4.69) is 11.7 Å². The number of oxime groups is 1. The molecule has 0 amide bonds. The van der Waals surface area contributed by atoms with E-state index in [1.54, 1.807) is 0 Å². The van der Waals surface area contributed by atoms with Crippen LogP contribution in [-0.2, 0) is 4.74 Å². The zero-order valence-corrected chi connectivity index (χ0v) is 7.15. The lowest BCUT2D eigenvalue weighted by Crippen LogP contribution is -2.15. The molecule has 12 heavy (non-hydrogen) atoms. The van der Waals surface area contributed by atoms with Crippen molar-refractivity contribution in [3.05, 3.63) is 12.7 Å². The van der Waals surface area contributed by atoms with Crippen molar-refractivity contribution in [3.63, 3.8) is 0 Å². The molecule has 3 nitrogen and oxygen atoms in total. The van der Waals surface area contributed by atoms with Crippen molar-refractivity contribution in [3.8, 4) is 0 Å². The van der Waals surface area contributed by atoms with Gasteiger partial charge in [-0.25, -0.2) is 0 Å². The molecule has 1 rings (SSSR count). The molecular formula is C9H15NO2. The van der Waals surface area contributed by atoms with Crippen molar-refractivity contribution in [2.45, 2.75) is 25.4 Å². The van der Waals surface area contributed by atoms with Gasteiger partial charge in [0.1, 0.15) is 0 Å². The van der Waals surface area contributed by atoms with E-state index >= 15 is 0 Å². The Labute approximate surface area is 72.7 Å². The minimum atomic E-state index is 0.278. The smallest absolute Gasteiger partial charge is 0.0855 e. The summed E-state index contributed by atoms with van der Waals surface area (Å²) >= 11 is 0. The van der Waals surface area contributed by atoms with Crippen molar-refractivity contribution in [1.82, 2.24) is 0 Å². The quantitative estimate of drug-likeness (QED) is 0.285. The Balaban J connectivity index is 2.17. The first kappa shape index (κ1) is 9.26. The average Bonchev–Trinajstić information content (AvgIpc) is 2.86. The summed E-state index contributed by atoms with van der Waals surface area (Å²) in [5, 5.41) is 11.0. The van der Waals surface area contributed by atoms with Gasteiger partial charge in [0.2, 0.25) is 0 Å². The van der Waals surface area contributed by atoms with E-state index in [-0.39, 0.29) is 6.10 Å². The zero-order chi connectivity index (χ0) is 8.81. The van der Waals surface area contributed by atoms with Crippen LogP contribution < -0.4 is 0 Å². The molecule has 0 spiro atoms. The molecular weight excluding hydrogens is 154 g/mol. The molecule has 0 radical (unpaired) electrons. The van der Waals surface area contributed by atoms with Crippen LogP contribution in [0.25, 0.3) is 0 Å². The van der Waals surface area contributed by atoms with Crippen molar-refractivity contribution in [2.75, 3.05) is 6.61 Å². The van der Waals surface area contributed by atoms with Crippen LogP contribution in [0.4, 0.5) is 0 Å². The number of nitrogens with zero attached hydrogens (tertiary/aromatic N) is 1. The largest absolute Gasteiger partial charge is 0.411 e. The molecule has 68 valence electrons. The third-order valence-corrected chi connectivity index (χ3v) is 2.01. The maximum absolute atomic E-state index is 8.13. The second-order valence-corrected chi connectivity index (χ2v) is 3.03. The highest BCUT2D eigenvalue weighted by molar-refractivity contribution is 5.57. The molecule has 0 aromatic rings. The Morgan fingerprint density at radius 2 is 2.42 bits per heavy atom. The topological polar surface area (TPSA) is 41.8 Å². The SMILES string of the molecule is C=CCC(OC/C=N\O)C1CC1. The summed E-state index contributed by atoms with van der Waals surface area (Å²) in [4.78, 5) is 0. The van der Waals surface area contributed by atoms with E-state index in [1.807, 2.05) is 6.08 Å². The Morgan fingerprint density at radius 3 is 2.92 bits per heavy atom. The van der Waals surface area contributed by atoms with Crippen LogP contribution in [0.1, 0.15) is 19.3 Å². The lowest BCUT2D eigenvalue weighted by molar-refractivity contribution is 0.0678. The van der Waals surface area contributed by atoms with Crippen molar-refractivity contribution in [1.29, 1.82) is 0 Å². The van der Waals surface area contributed by atoms with Crippen LogP contribution in [0.2, 0.25) is 0 Å². The molecule has 1 fully saturated rings. The second-order valence-electron chi connectivity index (χ2n) is 3.03. The maximum atomic E-state index is 8.13. The highest BCUT2D eigenvalue weighted by atomic mass is 16.5. The normalized spacial score (nSPS) is 19.7. The molecule has 0 aliphatic heterocycles. The first-order valence-corrected chi connectivity index (χ1v) is 4.27. The summed E-state index contributed by atoms with van der Waals surface area (Å²) < 4.78 is 5.47. The highest BCUT2D eigenvalue weighted by Crippen LogP contribution is 2.35. The molecule has 0 bridgehead atoms. The summed E-state index contributed by atoms with van der Waals surface area (Å²) in [6.07, 6.45) is 6.92. The van der Waals surface area contributed by atoms with E-state index in [4.69, 9.17) is 9.94 Å². The molecule has 0 saturated heterocycles. The van der Waals surface area contributed by atoms with Crippen LogP contribution in [0.5, 0.6) is 0 Å². The van der Waals surface area contributed by atoms with E-state index < -0.39 is 0 Å². The lowest BCUT2D eigenvalue weighted by atomic mass is 10.1. The molecule has 0 aromatic carbocycles. The molecule has 3 heteroatoms. The van der Waals surface area contributed by atoms with Gasteiger partial charge in [-0.1, -0.05) is 11.2 Å². The third kappa shape index (κ3) is 3.05. The lowest BCUT2D eigenvalue weighted by Gasteiger charge is -2.13. The molecule has 1 saturated carbocycles. The van der Waals surface area contributed by atoms with Crippen LogP contribution >= 0.6 is 0 Å². The van der Waals surface area contributed by atoms with Crippen molar-refractivity contribution < 1.29 is 9.94 Å². The van der Waals surface area contributed by atoms with Gasteiger partial charge in [-0.15, -0.1) is 6.58 Å². The second kappa shape index (κ2) is 4.93. The highest BCUT2D eigenvalue weighted by Gasteiger charge is 2.30. The van der Waals surface area contributed by atoms with E-state index in [1.165, 1.54) is 19.1 Å². The Kier molecular flexibility index (Phi) is 3.80. The number of hydrogen-bond donors (Lipinski definition) is 1. The summed E-state index contributed by atoms with van der Waals surface area (Å²) in [5.41, 5.74) is 0. The fraction of sp³-hybridized carbons (Fsp3) is 0.667. The molecule has 1 aliphatic rings. The molecule has 1 unspecified atom stereocenters. The first-order valence-electron chi connectivity index (χ1n) is 4.27. The zero-order valence-electron chi connectivity index (χ0n) is 7.15. The third-order valence-electron chi connectivity index (χ3n) is 2.01. The summed E-state index contributed by atoms with van der Waals surface area (Å²) in [7, 11) is 0. The maximum Gasteiger partial charge on any atom is 0.0855 e. The predicted molar refractivity (Wildman–Crippen MR) is 47.6 cm³/mol. The minimum Gasteiger partial charge on any atom is -0.411 e. The van der Waals surface area contributed by atoms with E-state index in [0.717, 1.165) is 6.42 Å². The predicted octanol–water partition coefficient (Wildman–Crippen LogP) is 1.82. The average molecular weight is 169 g/mol. The number of hydrogen-bond acceptors (Lipinski definition) is 3. The van der Waals surface area contributed by atoms with Gasteiger partial charge in [0.25, 0.3) is 0 Å². The fourth-order valence-corrected chi connectivity index (χ4v) is 1.23. The molecule has 1 atom stereocenters. The summed E-state index contributed by atoms with van der Waals surface area (Å²) in [5.74, 6) is 0.704. The van der Waals surface area contributed by atoms with Gasteiger partial charge in [-0.3, -0.25) is 0 Å². The molecule has 1 N–H and O–H groups in total. The van der Waals surface area contributed by atoms with E-state index in [9.17, 15) is 0 Å².